The third kappa shape index (κ3) is 5.09. The molecule has 30 heavy (non-hydrogen) atoms. The van der Waals surface area contributed by atoms with Gasteiger partial charge in [0.25, 0.3) is 0 Å². The summed E-state index contributed by atoms with van der Waals surface area (Å²) in [5.41, 5.74) is 4.63. The predicted octanol–water partition coefficient (Wildman–Crippen LogP) is 4.80. The normalized spacial score (nSPS) is 18.8. The molecule has 1 aliphatic heterocycles. The smallest absolute Gasteiger partial charge is 0.229 e. The van der Waals surface area contributed by atoms with Gasteiger partial charge in [-0.1, -0.05) is 37.0 Å². The third-order valence-corrected chi connectivity index (χ3v) is 5.74. The highest BCUT2D eigenvalue weighted by Gasteiger charge is 2.34. The van der Waals surface area contributed by atoms with Crippen molar-refractivity contribution in [2.75, 3.05) is 18.1 Å². The lowest BCUT2D eigenvalue weighted by Gasteiger charge is -2.38. The number of aliphatic hydroxyl groups is 1. The lowest BCUT2D eigenvalue weighted by atomic mass is 9.84. The van der Waals surface area contributed by atoms with Crippen LogP contribution in [0.4, 0.5) is 10.1 Å². The molecule has 0 radical (unpaired) electrons. The highest BCUT2D eigenvalue weighted by atomic mass is 19.1. The molecule has 0 aliphatic carbocycles. The molecule has 1 heterocycles. The first-order valence-electron chi connectivity index (χ1n) is 10.7. The van der Waals surface area contributed by atoms with Gasteiger partial charge >= 0.3 is 0 Å². The second kappa shape index (κ2) is 9.91. The van der Waals surface area contributed by atoms with Crippen LogP contribution in [0, 0.1) is 43.3 Å². The fourth-order valence-corrected chi connectivity index (χ4v) is 4.40. The van der Waals surface area contributed by atoms with Crippen molar-refractivity contribution in [3.8, 4) is 11.8 Å². The summed E-state index contributed by atoms with van der Waals surface area (Å²) in [7, 11) is 0. The molecule has 2 atom stereocenters. The van der Waals surface area contributed by atoms with Crippen LogP contribution in [0.5, 0.6) is 0 Å². The summed E-state index contributed by atoms with van der Waals surface area (Å²) < 4.78 is 14.2. The fourth-order valence-electron chi connectivity index (χ4n) is 4.40. The summed E-state index contributed by atoms with van der Waals surface area (Å²) in [5.74, 6) is 6.32. The van der Waals surface area contributed by atoms with Crippen molar-refractivity contribution >= 4 is 11.6 Å². The molecular formula is C26H30FNO2. The number of hydrogen-bond acceptors (Lipinski definition) is 2. The number of hydrogen-bond donors (Lipinski definition) is 1. The van der Waals surface area contributed by atoms with Gasteiger partial charge in [-0.25, -0.2) is 4.39 Å². The number of aliphatic hydroxyl groups excluding tert-OH is 1. The first-order chi connectivity index (χ1) is 14.4. The first kappa shape index (κ1) is 22.1. The second-order valence-electron chi connectivity index (χ2n) is 8.33. The molecular weight excluding hydrogens is 377 g/mol. The van der Waals surface area contributed by atoms with Crippen LogP contribution < -0.4 is 4.90 Å². The van der Waals surface area contributed by atoms with Crippen LogP contribution in [0.15, 0.2) is 36.4 Å². The molecule has 1 N–H and O–H groups in total. The molecule has 1 aliphatic rings. The van der Waals surface area contributed by atoms with Crippen LogP contribution in [-0.4, -0.2) is 24.2 Å². The Morgan fingerprint density at radius 2 is 1.90 bits per heavy atom. The highest BCUT2D eigenvalue weighted by Crippen LogP contribution is 2.34. The topological polar surface area (TPSA) is 40.5 Å². The summed E-state index contributed by atoms with van der Waals surface area (Å²) >= 11 is 0. The molecule has 0 bridgehead atoms. The number of piperidine rings is 1. The van der Waals surface area contributed by atoms with E-state index in [1.807, 2.05) is 49.9 Å². The Hall–Kier alpha value is -2.64. The van der Waals surface area contributed by atoms with Crippen LogP contribution in [0.3, 0.4) is 0 Å². The average Bonchev–Trinajstić information content (AvgIpc) is 2.70. The van der Waals surface area contributed by atoms with E-state index in [4.69, 9.17) is 5.11 Å². The molecule has 2 aromatic rings. The van der Waals surface area contributed by atoms with Gasteiger partial charge in [-0.15, -0.1) is 0 Å². The van der Waals surface area contributed by atoms with E-state index in [1.54, 1.807) is 6.07 Å². The summed E-state index contributed by atoms with van der Waals surface area (Å²) in [6.07, 6.45) is 2.74. The summed E-state index contributed by atoms with van der Waals surface area (Å²) in [6.45, 7) is 6.74. The van der Waals surface area contributed by atoms with E-state index in [9.17, 15) is 9.18 Å². The van der Waals surface area contributed by atoms with E-state index in [0.717, 1.165) is 28.8 Å². The molecule has 1 fully saturated rings. The van der Waals surface area contributed by atoms with Crippen molar-refractivity contribution in [2.45, 2.75) is 46.5 Å². The fraction of sp³-hybridized carbons (Fsp3) is 0.423. The lowest BCUT2D eigenvalue weighted by Crippen LogP contribution is -2.46. The quantitative estimate of drug-likeness (QED) is 0.571. The number of aryl methyl sites for hydroxylation is 2. The van der Waals surface area contributed by atoms with Gasteiger partial charge in [-0.2, -0.15) is 0 Å². The molecule has 3 rings (SSSR count). The molecule has 3 nitrogen and oxygen atoms in total. The van der Waals surface area contributed by atoms with Gasteiger partial charge in [0.2, 0.25) is 5.91 Å². The summed E-state index contributed by atoms with van der Waals surface area (Å²) in [4.78, 5) is 14.9. The maximum Gasteiger partial charge on any atom is 0.229 e. The highest BCUT2D eigenvalue weighted by molar-refractivity contribution is 5.97. The Balaban J connectivity index is 1.84. The molecule has 0 aromatic heterocycles. The summed E-state index contributed by atoms with van der Waals surface area (Å²) in [6, 6.07) is 10.9. The second-order valence-corrected chi connectivity index (χ2v) is 8.33. The maximum atomic E-state index is 14.2. The van der Waals surface area contributed by atoms with Gasteiger partial charge < -0.3 is 10.0 Å². The number of benzene rings is 2. The molecule has 0 saturated carbocycles. The van der Waals surface area contributed by atoms with Crippen molar-refractivity contribution < 1.29 is 14.3 Å². The lowest BCUT2D eigenvalue weighted by molar-refractivity contribution is -0.124. The Labute approximate surface area is 178 Å². The van der Waals surface area contributed by atoms with E-state index < -0.39 is 0 Å². The van der Waals surface area contributed by atoms with E-state index in [2.05, 4.69) is 11.8 Å². The monoisotopic (exact) mass is 407 g/mol. The van der Waals surface area contributed by atoms with Crippen molar-refractivity contribution in [1.82, 2.24) is 0 Å². The minimum Gasteiger partial charge on any atom is -0.396 e. The van der Waals surface area contributed by atoms with Gasteiger partial charge in [-0.05, 0) is 73.9 Å². The maximum absolute atomic E-state index is 14.2. The minimum atomic E-state index is -0.176. The number of unbranched alkanes of at least 4 members (excludes halogenated alkanes) is 1. The first-order valence-corrected chi connectivity index (χ1v) is 10.7. The molecule has 0 spiro atoms. The number of carbonyl (C=O) groups is 1. The number of nitrogens with zero attached hydrogens (tertiary/aromatic N) is 1. The van der Waals surface area contributed by atoms with Crippen LogP contribution in [0.2, 0.25) is 0 Å². The average molecular weight is 408 g/mol. The van der Waals surface area contributed by atoms with Crippen LogP contribution in [0.25, 0.3) is 0 Å². The SMILES string of the molecule is Cc1cc(C#CCCCO)cc(C)c1N1C[C@@H](Cc2ccccc2F)C[C@@H](C)C1=O. The zero-order valence-electron chi connectivity index (χ0n) is 18.0. The number of amides is 1. The molecule has 1 saturated heterocycles. The Kier molecular flexibility index (Phi) is 7.29. The zero-order chi connectivity index (χ0) is 21.7. The van der Waals surface area contributed by atoms with Crippen molar-refractivity contribution in [3.63, 3.8) is 0 Å². The number of rotatable bonds is 5. The Bertz CT molecular complexity index is 949. The van der Waals surface area contributed by atoms with Crippen molar-refractivity contribution in [2.24, 2.45) is 11.8 Å². The molecule has 2 aromatic carbocycles. The molecule has 158 valence electrons. The predicted molar refractivity (Wildman–Crippen MR) is 119 cm³/mol. The van der Waals surface area contributed by atoms with Gasteiger partial charge in [0.1, 0.15) is 5.82 Å². The van der Waals surface area contributed by atoms with Crippen LogP contribution >= 0.6 is 0 Å². The van der Waals surface area contributed by atoms with Gasteiger partial charge in [0, 0.05) is 36.7 Å². The molecule has 4 heteroatoms. The van der Waals surface area contributed by atoms with Gasteiger partial charge in [-0.3, -0.25) is 4.79 Å². The minimum absolute atomic E-state index is 0.0905. The number of halogens is 1. The van der Waals surface area contributed by atoms with Crippen LogP contribution in [0.1, 0.15) is 48.4 Å². The van der Waals surface area contributed by atoms with Crippen LogP contribution in [-0.2, 0) is 11.2 Å². The number of anilines is 1. The van der Waals surface area contributed by atoms with Crippen molar-refractivity contribution in [1.29, 1.82) is 0 Å². The van der Waals surface area contributed by atoms with E-state index in [1.165, 1.54) is 6.07 Å². The standard InChI is InChI=1S/C26H30FNO2/c1-18-13-21(9-5-4-8-12-29)14-19(2)25(18)28-17-22(15-20(3)26(28)30)16-23-10-6-7-11-24(23)27/h6-7,10-11,13-14,20,22,29H,4,8,12,15-17H2,1-3H3/t20-,22-/m1/s1. The van der Waals surface area contributed by atoms with Gasteiger partial charge in [0.05, 0.1) is 0 Å². The third-order valence-electron chi connectivity index (χ3n) is 5.74. The molecule has 0 unspecified atom stereocenters. The van der Waals surface area contributed by atoms with Gasteiger partial charge in [0.15, 0.2) is 0 Å². The van der Waals surface area contributed by atoms with Crippen molar-refractivity contribution in [3.05, 3.63) is 64.5 Å². The largest absolute Gasteiger partial charge is 0.396 e. The van der Waals surface area contributed by atoms with E-state index in [-0.39, 0.29) is 30.2 Å². The summed E-state index contributed by atoms with van der Waals surface area (Å²) in [5, 5.41) is 8.88. The Morgan fingerprint density at radius 3 is 2.57 bits per heavy atom. The zero-order valence-corrected chi connectivity index (χ0v) is 18.0. The van der Waals surface area contributed by atoms with E-state index >= 15 is 0 Å². The number of carbonyl (C=O) groups excluding carboxylic acids is 1. The van der Waals surface area contributed by atoms with E-state index in [0.29, 0.717) is 31.4 Å². The Morgan fingerprint density at radius 1 is 1.20 bits per heavy atom. The molecule has 1 amide bonds.